The molecule has 1 aromatic rings. The van der Waals surface area contributed by atoms with Gasteiger partial charge in [0.1, 0.15) is 11.5 Å². The number of carbonyl (C=O) groups is 1. The number of nitrogens with one attached hydrogen (secondary N) is 1. The van der Waals surface area contributed by atoms with Crippen molar-refractivity contribution in [3.05, 3.63) is 29.8 Å². The van der Waals surface area contributed by atoms with Gasteiger partial charge in [-0.25, -0.2) is 0 Å². The van der Waals surface area contributed by atoms with Crippen LogP contribution in [0.4, 0.5) is 0 Å². The van der Waals surface area contributed by atoms with E-state index >= 15 is 0 Å². The summed E-state index contributed by atoms with van der Waals surface area (Å²) in [5, 5.41) is 12.4. The molecule has 88 valence electrons. The van der Waals surface area contributed by atoms with Gasteiger partial charge in [0.2, 0.25) is 0 Å². The molecule has 0 amide bonds. The lowest BCUT2D eigenvalue weighted by Gasteiger charge is -2.10. The summed E-state index contributed by atoms with van der Waals surface area (Å²) in [7, 11) is 0. The molecule has 0 spiro atoms. The zero-order valence-electron chi connectivity index (χ0n) is 9.86. The summed E-state index contributed by atoms with van der Waals surface area (Å²) in [6, 6.07) is 6.86. The van der Waals surface area contributed by atoms with Crippen LogP contribution >= 0.6 is 0 Å². The Hall–Kier alpha value is -1.35. The van der Waals surface area contributed by atoms with Crippen LogP contribution in [0.25, 0.3) is 0 Å². The molecule has 0 aliphatic heterocycles. The van der Waals surface area contributed by atoms with Crippen LogP contribution in [0.2, 0.25) is 0 Å². The number of rotatable bonds is 6. The van der Waals surface area contributed by atoms with Gasteiger partial charge < -0.3 is 10.4 Å². The Morgan fingerprint density at radius 1 is 1.50 bits per heavy atom. The van der Waals surface area contributed by atoms with Crippen molar-refractivity contribution in [1.82, 2.24) is 5.32 Å². The topological polar surface area (TPSA) is 49.3 Å². The summed E-state index contributed by atoms with van der Waals surface area (Å²) in [5.41, 5.74) is 0.869. The first-order chi connectivity index (χ1) is 7.63. The van der Waals surface area contributed by atoms with Crippen LogP contribution < -0.4 is 5.32 Å². The van der Waals surface area contributed by atoms with Crippen LogP contribution in [0, 0.1) is 5.92 Å². The first kappa shape index (κ1) is 12.7. The van der Waals surface area contributed by atoms with Gasteiger partial charge in [0, 0.05) is 18.9 Å². The van der Waals surface area contributed by atoms with E-state index in [1.54, 1.807) is 18.2 Å². The van der Waals surface area contributed by atoms with Crippen molar-refractivity contribution in [2.45, 2.75) is 20.3 Å². The first-order valence-electron chi connectivity index (χ1n) is 5.64. The first-order valence-corrected chi connectivity index (χ1v) is 5.64. The molecular weight excluding hydrogens is 202 g/mol. The Labute approximate surface area is 96.5 Å². The van der Waals surface area contributed by atoms with E-state index in [9.17, 15) is 9.90 Å². The molecule has 3 heteroatoms. The lowest BCUT2D eigenvalue weighted by atomic mass is 9.99. The number of ketones is 1. The van der Waals surface area contributed by atoms with Gasteiger partial charge in [-0.05, 0) is 24.2 Å². The van der Waals surface area contributed by atoms with Gasteiger partial charge in [-0.1, -0.05) is 26.0 Å². The summed E-state index contributed by atoms with van der Waals surface area (Å²) in [5.74, 6) is 0.429. The predicted molar refractivity (Wildman–Crippen MR) is 64.5 cm³/mol. The molecule has 1 aromatic carbocycles. The molecule has 3 nitrogen and oxygen atoms in total. The Morgan fingerprint density at radius 3 is 2.88 bits per heavy atom. The van der Waals surface area contributed by atoms with Gasteiger partial charge in [-0.3, -0.25) is 4.79 Å². The standard InChI is InChI=1S/C13H19NO2/c1-3-14-9-10(2)13(16)8-11-5-4-6-12(15)7-11/h4-7,10,14-15H,3,8-9H2,1-2H3. The lowest BCUT2D eigenvalue weighted by Crippen LogP contribution is -2.27. The molecule has 0 radical (unpaired) electrons. The van der Waals surface area contributed by atoms with Crippen LogP contribution in [0.15, 0.2) is 24.3 Å². The summed E-state index contributed by atoms with van der Waals surface area (Å²) >= 11 is 0. The Bertz CT molecular complexity index is 350. The molecule has 2 N–H and O–H groups in total. The van der Waals surface area contributed by atoms with Gasteiger partial charge in [0.05, 0.1) is 0 Å². The van der Waals surface area contributed by atoms with E-state index in [2.05, 4.69) is 5.32 Å². The van der Waals surface area contributed by atoms with E-state index < -0.39 is 0 Å². The third-order valence-electron chi connectivity index (χ3n) is 2.54. The largest absolute Gasteiger partial charge is 0.508 e. The Kier molecular flexibility index (Phi) is 4.99. The molecule has 0 fully saturated rings. The third kappa shape index (κ3) is 4.03. The molecule has 0 aliphatic carbocycles. The van der Waals surface area contributed by atoms with Crippen molar-refractivity contribution in [1.29, 1.82) is 0 Å². The molecule has 16 heavy (non-hydrogen) atoms. The second-order valence-electron chi connectivity index (χ2n) is 4.02. The lowest BCUT2D eigenvalue weighted by molar-refractivity contribution is -0.121. The summed E-state index contributed by atoms with van der Waals surface area (Å²) < 4.78 is 0. The molecule has 0 heterocycles. The Morgan fingerprint density at radius 2 is 2.25 bits per heavy atom. The summed E-state index contributed by atoms with van der Waals surface area (Å²) in [4.78, 5) is 11.8. The van der Waals surface area contributed by atoms with E-state index in [1.165, 1.54) is 0 Å². The fraction of sp³-hybridized carbons (Fsp3) is 0.462. The van der Waals surface area contributed by atoms with Crippen LogP contribution in [0.3, 0.4) is 0 Å². The molecule has 0 bridgehead atoms. The average Bonchev–Trinajstić information content (AvgIpc) is 2.25. The zero-order chi connectivity index (χ0) is 12.0. The highest BCUT2D eigenvalue weighted by atomic mass is 16.3. The predicted octanol–water partition coefficient (Wildman–Crippen LogP) is 1.75. The maximum atomic E-state index is 11.8. The molecule has 0 saturated heterocycles. The van der Waals surface area contributed by atoms with Crippen molar-refractivity contribution in [2.24, 2.45) is 5.92 Å². The minimum Gasteiger partial charge on any atom is -0.508 e. The molecule has 0 aromatic heterocycles. The minimum absolute atomic E-state index is 0.0160. The molecule has 0 aliphatic rings. The van der Waals surface area contributed by atoms with E-state index in [-0.39, 0.29) is 17.5 Å². The second-order valence-corrected chi connectivity index (χ2v) is 4.02. The fourth-order valence-electron chi connectivity index (χ4n) is 1.52. The fourth-order valence-corrected chi connectivity index (χ4v) is 1.52. The Balaban J connectivity index is 2.50. The molecular formula is C13H19NO2. The number of benzene rings is 1. The highest BCUT2D eigenvalue weighted by molar-refractivity contribution is 5.83. The second kappa shape index (κ2) is 6.28. The monoisotopic (exact) mass is 221 g/mol. The van der Waals surface area contributed by atoms with Gasteiger partial charge >= 0.3 is 0 Å². The number of hydrogen-bond donors (Lipinski definition) is 2. The average molecular weight is 221 g/mol. The molecule has 1 unspecified atom stereocenters. The van der Waals surface area contributed by atoms with Crippen LogP contribution in [0.1, 0.15) is 19.4 Å². The highest BCUT2D eigenvalue weighted by Gasteiger charge is 2.12. The number of carbonyl (C=O) groups excluding carboxylic acids is 1. The maximum absolute atomic E-state index is 11.8. The number of Topliss-reactive ketones (excluding diaryl/α,β-unsaturated/α-hetero) is 1. The summed E-state index contributed by atoms with van der Waals surface area (Å²) in [6.07, 6.45) is 0.390. The quantitative estimate of drug-likeness (QED) is 0.769. The van der Waals surface area contributed by atoms with Crippen molar-refractivity contribution in [3.63, 3.8) is 0 Å². The van der Waals surface area contributed by atoms with E-state index in [0.717, 1.165) is 12.1 Å². The van der Waals surface area contributed by atoms with Crippen molar-refractivity contribution >= 4 is 5.78 Å². The zero-order valence-corrected chi connectivity index (χ0v) is 9.86. The minimum atomic E-state index is 0.0160. The number of aromatic hydroxyl groups is 1. The van der Waals surface area contributed by atoms with Crippen molar-refractivity contribution < 1.29 is 9.90 Å². The van der Waals surface area contributed by atoms with Crippen LogP contribution in [-0.2, 0) is 11.2 Å². The van der Waals surface area contributed by atoms with E-state index in [4.69, 9.17) is 0 Å². The van der Waals surface area contributed by atoms with Crippen molar-refractivity contribution in [2.75, 3.05) is 13.1 Å². The van der Waals surface area contributed by atoms with Gasteiger partial charge in [-0.15, -0.1) is 0 Å². The molecule has 0 saturated carbocycles. The third-order valence-corrected chi connectivity index (χ3v) is 2.54. The van der Waals surface area contributed by atoms with Crippen LogP contribution in [0.5, 0.6) is 5.75 Å². The number of phenolic OH excluding ortho intramolecular Hbond substituents is 1. The van der Waals surface area contributed by atoms with E-state index in [0.29, 0.717) is 13.0 Å². The highest BCUT2D eigenvalue weighted by Crippen LogP contribution is 2.13. The maximum Gasteiger partial charge on any atom is 0.141 e. The van der Waals surface area contributed by atoms with Gasteiger partial charge in [-0.2, -0.15) is 0 Å². The summed E-state index contributed by atoms with van der Waals surface area (Å²) in [6.45, 7) is 5.54. The van der Waals surface area contributed by atoms with Crippen molar-refractivity contribution in [3.8, 4) is 5.75 Å². The number of hydrogen-bond acceptors (Lipinski definition) is 3. The smallest absolute Gasteiger partial charge is 0.141 e. The van der Waals surface area contributed by atoms with Gasteiger partial charge in [0.15, 0.2) is 0 Å². The van der Waals surface area contributed by atoms with Crippen LogP contribution in [-0.4, -0.2) is 24.0 Å². The normalized spacial score (nSPS) is 12.4. The molecule has 1 atom stereocenters. The number of phenols is 1. The molecule has 1 rings (SSSR count). The van der Waals surface area contributed by atoms with Gasteiger partial charge in [0.25, 0.3) is 0 Å². The SMILES string of the molecule is CCNCC(C)C(=O)Cc1cccc(O)c1. The van der Waals surface area contributed by atoms with E-state index in [1.807, 2.05) is 19.9 Å².